The molecule has 146 valence electrons. The van der Waals surface area contributed by atoms with Crippen molar-refractivity contribution < 1.29 is 28.5 Å². The van der Waals surface area contributed by atoms with E-state index in [1.54, 1.807) is 24.3 Å². The molecule has 28 heavy (non-hydrogen) atoms. The summed E-state index contributed by atoms with van der Waals surface area (Å²) in [6.07, 6.45) is -0.868. The third-order valence-electron chi connectivity index (χ3n) is 3.60. The van der Waals surface area contributed by atoms with Crippen LogP contribution in [-0.2, 0) is 9.53 Å². The van der Waals surface area contributed by atoms with E-state index in [2.05, 4.69) is 5.32 Å². The fourth-order valence-electron chi connectivity index (χ4n) is 2.25. The van der Waals surface area contributed by atoms with Crippen molar-refractivity contribution in [1.82, 2.24) is 0 Å². The second-order valence-electron chi connectivity index (χ2n) is 5.58. The number of amides is 1. The normalized spacial score (nSPS) is 10.9. The predicted molar refractivity (Wildman–Crippen MR) is 101 cm³/mol. The van der Waals surface area contributed by atoms with Crippen LogP contribution in [0.4, 0.5) is 5.69 Å². The monoisotopic (exact) mass is 384 g/mol. The largest absolute Gasteiger partial charge is 0.495 e. The Labute approximate surface area is 162 Å². The lowest BCUT2D eigenvalue weighted by Gasteiger charge is -2.13. The molecule has 0 unspecified atom stereocenters. The van der Waals surface area contributed by atoms with E-state index in [1.807, 2.05) is 6.07 Å². The zero-order valence-corrected chi connectivity index (χ0v) is 15.7. The lowest BCUT2D eigenvalue weighted by atomic mass is 10.2. The van der Waals surface area contributed by atoms with Crippen LogP contribution in [0, 0.1) is 11.3 Å². The van der Waals surface area contributed by atoms with E-state index in [-0.39, 0.29) is 23.7 Å². The van der Waals surface area contributed by atoms with Crippen LogP contribution in [0.15, 0.2) is 42.5 Å². The molecule has 0 fully saturated rings. The molecule has 0 aliphatic heterocycles. The summed E-state index contributed by atoms with van der Waals surface area (Å²) >= 11 is 0. The minimum Gasteiger partial charge on any atom is -0.495 e. The highest BCUT2D eigenvalue weighted by atomic mass is 16.5. The molecule has 0 saturated carbocycles. The van der Waals surface area contributed by atoms with Crippen molar-refractivity contribution in [3.05, 3.63) is 48.0 Å². The molecule has 2 rings (SSSR count). The summed E-state index contributed by atoms with van der Waals surface area (Å²) in [5.41, 5.74) is 0.722. The van der Waals surface area contributed by atoms with Crippen molar-refractivity contribution in [1.29, 1.82) is 5.26 Å². The average molecular weight is 384 g/mol. The van der Waals surface area contributed by atoms with Crippen molar-refractivity contribution >= 4 is 17.6 Å². The van der Waals surface area contributed by atoms with Gasteiger partial charge in [-0.3, -0.25) is 4.79 Å². The van der Waals surface area contributed by atoms with E-state index in [0.717, 1.165) is 0 Å². The topological polar surface area (TPSA) is 107 Å². The smallest absolute Gasteiger partial charge is 0.339 e. The number of hydrogen-bond acceptors (Lipinski definition) is 7. The van der Waals surface area contributed by atoms with Crippen LogP contribution in [-0.4, -0.2) is 38.8 Å². The molecule has 0 radical (unpaired) electrons. The number of rotatable bonds is 8. The van der Waals surface area contributed by atoms with E-state index in [0.29, 0.717) is 11.4 Å². The van der Waals surface area contributed by atoms with Crippen molar-refractivity contribution in [3.63, 3.8) is 0 Å². The molecule has 2 aromatic carbocycles. The van der Waals surface area contributed by atoms with Gasteiger partial charge in [-0.2, -0.15) is 5.26 Å². The molecule has 0 heterocycles. The van der Waals surface area contributed by atoms with Gasteiger partial charge in [0.25, 0.3) is 5.91 Å². The van der Waals surface area contributed by atoms with Gasteiger partial charge in [0.05, 0.1) is 25.5 Å². The van der Waals surface area contributed by atoms with Gasteiger partial charge in [-0.15, -0.1) is 0 Å². The number of ether oxygens (including phenoxy) is 4. The Morgan fingerprint density at radius 2 is 1.79 bits per heavy atom. The SMILES string of the molecule is COc1ccccc1NC(=O)COc1ccc(C(=O)O[C@H](C)C#N)cc1OC. The van der Waals surface area contributed by atoms with Gasteiger partial charge in [-0.05, 0) is 37.3 Å². The summed E-state index contributed by atoms with van der Waals surface area (Å²) in [7, 11) is 2.92. The Balaban J connectivity index is 2.02. The van der Waals surface area contributed by atoms with Crippen LogP contribution in [0.3, 0.4) is 0 Å². The molecule has 0 spiro atoms. The van der Waals surface area contributed by atoms with Crippen LogP contribution in [0.2, 0.25) is 0 Å². The molecule has 0 aliphatic rings. The van der Waals surface area contributed by atoms with Crippen LogP contribution >= 0.6 is 0 Å². The Morgan fingerprint density at radius 1 is 1.07 bits per heavy atom. The second-order valence-corrected chi connectivity index (χ2v) is 5.58. The first kappa shape index (κ1) is 20.6. The average Bonchev–Trinajstić information content (AvgIpc) is 2.72. The quantitative estimate of drug-likeness (QED) is 0.697. The summed E-state index contributed by atoms with van der Waals surface area (Å²) in [6, 6.07) is 13.2. The number of methoxy groups -OCH3 is 2. The molecular formula is C20H20N2O6. The highest BCUT2D eigenvalue weighted by Crippen LogP contribution is 2.29. The minimum atomic E-state index is -0.868. The standard InChI is InChI=1S/C20H20N2O6/c1-13(11-21)28-20(24)14-8-9-17(18(10-14)26-3)27-12-19(23)22-15-6-4-5-7-16(15)25-2/h4-10,13H,12H2,1-3H3,(H,22,23)/t13-/m1/s1. The molecule has 2 aromatic rings. The molecule has 0 bridgehead atoms. The van der Waals surface area contributed by atoms with Crippen molar-refractivity contribution in [2.24, 2.45) is 0 Å². The van der Waals surface area contributed by atoms with Gasteiger partial charge in [0.1, 0.15) is 11.8 Å². The molecule has 0 saturated heterocycles. The van der Waals surface area contributed by atoms with Gasteiger partial charge in [-0.1, -0.05) is 12.1 Å². The molecule has 8 nitrogen and oxygen atoms in total. The fraction of sp³-hybridized carbons (Fsp3) is 0.250. The summed E-state index contributed by atoms with van der Waals surface area (Å²) in [5.74, 6) is 0.0142. The highest BCUT2D eigenvalue weighted by Gasteiger charge is 2.16. The number of nitrogens with zero attached hydrogens (tertiary/aromatic N) is 1. The molecule has 0 aliphatic carbocycles. The maximum Gasteiger partial charge on any atom is 0.339 e. The van der Waals surface area contributed by atoms with E-state index < -0.39 is 18.0 Å². The molecule has 1 atom stereocenters. The van der Waals surface area contributed by atoms with E-state index in [1.165, 1.54) is 39.3 Å². The Bertz CT molecular complexity index is 891. The Kier molecular flexibility index (Phi) is 7.22. The van der Waals surface area contributed by atoms with E-state index in [9.17, 15) is 9.59 Å². The number of para-hydroxylation sites is 2. The number of nitriles is 1. The predicted octanol–water partition coefficient (Wildman–Crippen LogP) is 2.79. The summed E-state index contributed by atoms with van der Waals surface area (Å²) < 4.78 is 20.8. The van der Waals surface area contributed by atoms with Crippen LogP contribution in [0.25, 0.3) is 0 Å². The van der Waals surface area contributed by atoms with Crippen molar-refractivity contribution in [2.45, 2.75) is 13.0 Å². The van der Waals surface area contributed by atoms with Gasteiger partial charge in [-0.25, -0.2) is 4.79 Å². The maximum atomic E-state index is 12.1. The number of carbonyl (C=O) groups is 2. The highest BCUT2D eigenvalue weighted by molar-refractivity contribution is 5.93. The third-order valence-corrected chi connectivity index (χ3v) is 3.60. The van der Waals surface area contributed by atoms with Crippen LogP contribution in [0.1, 0.15) is 17.3 Å². The van der Waals surface area contributed by atoms with Crippen molar-refractivity contribution in [2.75, 3.05) is 26.1 Å². The Morgan fingerprint density at radius 3 is 2.46 bits per heavy atom. The number of esters is 1. The van der Waals surface area contributed by atoms with Crippen molar-refractivity contribution in [3.8, 4) is 23.3 Å². The minimum absolute atomic E-state index is 0.199. The molecular weight excluding hydrogens is 364 g/mol. The van der Waals surface area contributed by atoms with E-state index >= 15 is 0 Å². The molecule has 1 amide bonds. The molecule has 8 heteroatoms. The zero-order chi connectivity index (χ0) is 20.5. The number of hydrogen-bond donors (Lipinski definition) is 1. The number of benzene rings is 2. The van der Waals surface area contributed by atoms with Gasteiger partial charge in [0.15, 0.2) is 24.2 Å². The lowest BCUT2D eigenvalue weighted by molar-refractivity contribution is -0.118. The van der Waals surface area contributed by atoms with Gasteiger partial charge >= 0.3 is 5.97 Å². The van der Waals surface area contributed by atoms with Crippen LogP contribution < -0.4 is 19.5 Å². The van der Waals surface area contributed by atoms with Gasteiger partial charge in [0, 0.05) is 0 Å². The molecule has 0 aromatic heterocycles. The van der Waals surface area contributed by atoms with Gasteiger partial charge in [0.2, 0.25) is 0 Å². The maximum absolute atomic E-state index is 12.1. The number of carbonyl (C=O) groups excluding carboxylic acids is 2. The summed E-state index contributed by atoms with van der Waals surface area (Å²) in [5, 5.41) is 11.4. The number of nitrogens with one attached hydrogen (secondary N) is 1. The van der Waals surface area contributed by atoms with Crippen LogP contribution in [0.5, 0.6) is 17.2 Å². The fourth-order valence-corrected chi connectivity index (χ4v) is 2.25. The van der Waals surface area contributed by atoms with E-state index in [4.69, 9.17) is 24.2 Å². The third kappa shape index (κ3) is 5.38. The number of anilines is 1. The zero-order valence-electron chi connectivity index (χ0n) is 15.7. The first-order valence-corrected chi connectivity index (χ1v) is 8.32. The second kappa shape index (κ2) is 9.83. The first-order valence-electron chi connectivity index (χ1n) is 8.32. The Hall–Kier alpha value is -3.73. The summed E-state index contributed by atoms with van der Waals surface area (Å²) in [6.45, 7) is 1.19. The lowest BCUT2D eigenvalue weighted by Crippen LogP contribution is -2.20. The van der Waals surface area contributed by atoms with Gasteiger partial charge < -0.3 is 24.3 Å². The molecule has 1 N–H and O–H groups in total. The first-order chi connectivity index (χ1) is 13.5. The summed E-state index contributed by atoms with van der Waals surface area (Å²) in [4.78, 5) is 24.1.